The van der Waals surface area contributed by atoms with E-state index < -0.39 is 0 Å². The number of nitrogens with zero attached hydrogens (tertiary/aromatic N) is 4. The highest BCUT2D eigenvalue weighted by molar-refractivity contribution is 7.19. The molecule has 0 spiro atoms. The average molecular weight is 360 g/mol. The molecule has 0 bridgehead atoms. The Bertz CT molecular complexity index is 748. The topological polar surface area (TPSA) is 58.3 Å². The molecule has 1 unspecified atom stereocenters. The zero-order valence-corrected chi connectivity index (χ0v) is 16.2. The Morgan fingerprint density at radius 3 is 2.68 bits per heavy atom. The predicted octanol–water partition coefficient (Wildman–Crippen LogP) is 2.58. The molecule has 0 amide bonds. The van der Waals surface area contributed by atoms with E-state index in [1.165, 1.54) is 36.4 Å². The highest BCUT2D eigenvalue weighted by Gasteiger charge is 2.23. The molecule has 136 valence electrons. The van der Waals surface area contributed by atoms with Crippen LogP contribution in [0.1, 0.15) is 36.5 Å². The van der Waals surface area contributed by atoms with Gasteiger partial charge in [-0.25, -0.2) is 9.97 Å². The second-order valence-electron chi connectivity index (χ2n) is 7.58. The number of likely N-dealkylation sites (N-methyl/N-ethyl adjacent to an activating group) is 1. The molecule has 1 fully saturated rings. The first kappa shape index (κ1) is 17.2. The quantitative estimate of drug-likeness (QED) is 0.909. The molecule has 3 heterocycles. The van der Waals surface area contributed by atoms with Crippen LogP contribution in [-0.4, -0.2) is 59.0 Å². The monoisotopic (exact) mass is 359 g/mol. The number of nitrogens with two attached hydrogens (primary N) is 1. The summed E-state index contributed by atoms with van der Waals surface area (Å²) >= 11 is 1.85. The first-order valence-corrected chi connectivity index (χ1v) is 10.5. The van der Waals surface area contributed by atoms with Crippen molar-refractivity contribution in [3.05, 3.63) is 16.3 Å². The normalized spacial score (nSPS) is 22.4. The zero-order chi connectivity index (χ0) is 17.4. The van der Waals surface area contributed by atoms with Gasteiger partial charge in [0, 0.05) is 44.0 Å². The van der Waals surface area contributed by atoms with Crippen molar-refractivity contribution in [2.24, 2.45) is 5.92 Å². The Hall–Kier alpha value is -1.24. The number of hydrogen-bond donors (Lipinski definition) is 1. The zero-order valence-electron chi connectivity index (χ0n) is 15.4. The van der Waals surface area contributed by atoms with Gasteiger partial charge in [-0.2, -0.15) is 0 Å². The van der Waals surface area contributed by atoms with Gasteiger partial charge < -0.3 is 15.5 Å². The summed E-state index contributed by atoms with van der Waals surface area (Å²) in [6, 6.07) is 0. The summed E-state index contributed by atoms with van der Waals surface area (Å²) in [7, 11) is 0. The van der Waals surface area contributed by atoms with Crippen molar-refractivity contribution in [2.75, 3.05) is 45.0 Å². The number of thiophene rings is 1. The summed E-state index contributed by atoms with van der Waals surface area (Å²) in [4.78, 5) is 17.2. The van der Waals surface area contributed by atoms with Gasteiger partial charge in [0.05, 0.1) is 5.39 Å². The fourth-order valence-corrected chi connectivity index (χ4v) is 5.52. The third-order valence-electron chi connectivity index (χ3n) is 5.79. The highest BCUT2D eigenvalue weighted by Crippen LogP contribution is 2.39. The van der Waals surface area contributed by atoms with Crippen LogP contribution in [0.25, 0.3) is 10.2 Å². The van der Waals surface area contributed by atoms with Crippen molar-refractivity contribution in [3.8, 4) is 0 Å². The van der Waals surface area contributed by atoms with Crippen LogP contribution < -0.4 is 5.73 Å². The Kier molecular flexibility index (Phi) is 4.93. The minimum absolute atomic E-state index is 0.697. The molecular formula is C19H29N5S. The molecule has 2 aliphatic rings. The van der Waals surface area contributed by atoms with Crippen molar-refractivity contribution < 1.29 is 0 Å². The van der Waals surface area contributed by atoms with Gasteiger partial charge in [-0.15, -0.1) is 11.3 Å². The summed E-state index contributed by atoms with van der Waals surface area (Å²) < 4.78 is 0. The first-order chi connectivity index (χ1) is 12.1. The van der Waals surface area contributed by atoms with Crippen LogP contribution in [0.15, 0.2) is 0 Å². The molecule has 1 saturated heterocycles. The summed E-state index contributed by atoms with van der Waals surface area (Å²) in [5, 5.41) is 1.15. The molecule has 1 atom stereocenters. The van der Waals surface area contributed by atoms with Crippen LogP contribution in [-0.2, 0) is 19.3 Å². The maximum Gasteiger partial charge on any atom is 0.136 e. The Balaban J connectivity index is 1.48. The maximum atomic E-state index is 6.34. The minimum atomic E-state index is 0.697. The second kappa shape index (κ2) is 7.17. The molecule has 1 aliphatic heterocycles. The molecule has 25 heavy (non-hydrogen) atoms. The van der Waals surface area contributed by atoms with Gasteiger partial charge in [0.2, 0.25) is 0 Å². The summed E-state index contributed by atoms with van der Waals surface area (Å²) in [5.41, 5.74) is 7.77. The molecule has 0 aromatic carbocycles. The maximum absolute atomic E-state index is 6.34. The summed E-state index contributed by atoms with van der Waals surface area (Å²) in [5.74, 6) is 2.38. The van der Waals surface area contributed by atoms with Crippen molar-refractivity contribution >= 4 is 27.4 Å². The van der Waals surface area contributed by atoms with E-state index in [4.69, 9.17) is 10.7 Å². The Morgan fingerprint density at radius 1 is 1.16 bits per heavy atom. The van der Waals surface area contributed by atoms with Gasteiger partial charge in [-0.3, -0.25) is 0 Å². The van der Waals surface area contributed by atoms with Crippen LogP contribution in [0.3, 0.4) is 0 Å². The number of hydrogen-bond acceptors (Lipinski definition) is 6. The van der Waals surface area contributed by atoms with Crippen molar-refractivity contribution in [2.45, 2.75) is 39.5 Å². The van der Waals surface area contributed by atoms with E-state index in [0.717, 1.165) is 61.0 Å². The van der Waals surface area contributed by atoms with Crippen molar-refractivity contribution in [1.29, 1.82) is 0 Å². The fraction of sp³-hybridized carbons (Fsp3) is 0.684. The fourth-order valence-electron chi connectivity index (χ4n) is 4.12. The van der Waals surface area contributed by atoms with E-state index in [1.807, 2.05) is 11.3 Å². The van der Waals surface area contributed by atoms with Crippen molar-refractivity contribution in [3.63, 3.8) is 0 Å². The van der Waals surface area contributed by atoms with E-state index in [1.54, 1.807) is 0 Å². The lowest BCUT2D eigenvalue weighted by Crippen LogP contribution is -2.46. The molecule has 2 aromatic heterocycles. The molecular weight excluding hydrogens is 330 g/mol. The molecule has 6 heteroatoms. The number of aryl methyl sites for hydroxylation is 1. The number of anilines is 1. The smallest absolute Gasteiger partial charge is 0.136 e. The Morgan fingerprint density at radius 2 is 1.92 bits per heavy atom. The lowest BCUT2D eigenvalue weighted by molar-refractivity contribution is 0.138. The number of rotatable bonds is 4. The minimum Gasteiger partial charge on any atom is -0.383 e. The molecule has 2 aromatic rings. The van der Waals surface area contributed by atoms with Crippen molar-refractivity contribution in [1.82, 2.24) is 19.8 Å². The summed E-state index contributed by atoms with van der Waals surface area (Å²) in [6.07, 6.45) is 4.45. The molecule has 0 radical (unpaired) electrons. The van der Waals surface area contributed by atoms with Crippen LogP contribution in [0, 0.1) is 5.92 Å². The van der Waals surface area contributed by atoms with E-state index in [-0.39, 0.29) is 0 Å². The van der Waals surface area contributed by atoms with E-state index >= 15 is 0 Å². The van der Waals surface area contributed by atoms with E-state index in [0.29, 0.717) is 5.82 Å². The van der Waals surface area contributed by atoms with Crippen LogP contribution >= 0.6 is 11.3 Å². The van der Waals surface area contributed by atoms with Crippen LogP contribution in [0.2, 0.25) is 0 Å². The third kappa shape index (κ3) is 3.52. The van der Waals surface area contributed by atoms with E-state index in [9.17, 15) is 0 Å². The molecule has 1 aliphatic carbocycles. The van der Waals surface area contributed by atoms with Gasteiger partial charge in [0.25, 0.3) is 0 Å². The lowest BCUT2D eigenvalue weighted by Gasteiger charge is -2.33. The van der Waals surface area contributed by atoms with Gasteiger partial charge >= 0.3 is 0 Å². The second-order valence-corrected chi connectivity index (χ2v) is 8.67. The third-order valence-corrected chi connectivity index (χ3v) is 6.94. The summed E-state index contributed by atoms with van der Waals surface area (Å²) in [6.45, 7) is 11.4. The average Bonchev–Trinajstić information content (AvgIpc) is 2.98. The largest absolute Gasteiger partial charge is 0.383 e. The number of fused-ring (bicyclic) bond motifs is 3. The molecule has 2 N–H and O–H groups in total. The van der Waals surface area contributed by atoms with Crippen LogP contribution in [0.5, 0.6) is 0 Å². The highest BCUT2D eigenvalue weighted by atomic mass is 32.1. The Labute approximate surface area is 154 Å². The van der Waals surface area contributed by atoms with E-state index in [2.05, 4.69) is 28.6 Å². The van der Waals surface area contributed by atoms with Crippen LogP contribution in [0.4, 0.5) is 5.82 Å². The van der Waals surface area contributed by atoms with Gasteiger partial charge in [-0.05, 0) is 37.3 Å². The molecule has 4 rings (SSSR count). The predicted molar refractivity (Wildman–Crippen MR) is 105 cm³/mol. The molecule has 0 saturated carbocycles. The number of piperazine rings is 1. The van der Waals surface area contributed by atoms with Gasteiger partial charge in [-0.1, -0.05) is 13.8 Å². The number of nitrogen functional groups attached to an aromatic ring is 1. The first-order valence-electron chi connectivity index (χ1n) is 9.65. The molecule has 5 nitrogen and oxygen atoms in total. The lowest BCUT2D eigenvalue weighted by atomic mass is 9.89. The standard InChI is InChI=1S/C19H29N5S/c1-3-23-8-10-24(11-9-23)7-6-16-21-18(20)17-14-5-4-13(2)12-15(14)25-19(17)22-16/h13H,3-12H2,1-2H3,(H2,20,21,22). The van der Waals surface area contributed by atoms with Gasteiger partial charge in [0.15, 0.2) is 0 Å². The van der Waals surface area contributed by atoms with Gasteiger partial charge in [0.1, 0.15) is 16.5 Å². The number of aromatic nitrogens is 2. The SMILES string of the molecule is CCN1CCN(CCc2nc(N)c3c4c(sc3n2)CC(C)CC4)CC1.